The highest BCUT2D eigenvalue weighted by atomic mass is 16.5. The molecule has 8 heteroatoms. The third kappa shape index (κ3) is 6.38. The van der Waals surface area contributed by atoms with Gasteiger partial charge in [-0.05, 0) is 30.5 Å². The van der Waals surface area contributed by atoms with Crippen molar-refractivity contribution < 1.29 is 23.8 Å². The number of amides is 2. The van der Waals surface area contributed by atoms with Gasteiger partial charge in [0.1, 0.15) is 0 Å². The number of ether oxygens (including phenoxy) is 3. The normalized spacial score (nSPS) is 20.8. The van der Waals surface area contributed by atoms with Crippen LogP contribution in [0.1, 0.15) is 45.2 Å². The third-order valence-corrected chi connectivity index (χ3v) is 6.47. The van der Waals surface area contributed by atoms with Crippen molar-refractivity contribution in [3.8, 4) is 11.5 Å². The van der Waals surface area contributed by atoms with Crippen molar-refractivity contribution in [1.29, 1.82) is 0 Å². The monoisotopic (exact) mass is 461 g/mol. The summed E-state index contributed by atoms with van der Waals surface area (Å²) >= 11 is 0. The van der Waals surface area contributed by atoms with E-state index >= 15 is 0 Å². The lowest BCUT2D eigenvalue weighted by atomic mass is 9.91. The molecular weight excluding hydrogens is 422 g/mol. The molecule has 0 radical (unpaired) electrons. The Hall–Kier alpha value is -2.32. The maximum Gasteiger partial charge on any atom is 0.227 e. The smallest absolute Gasteiger partial charge is 0.227 e. The number of nitrogens with zero attached hydrogens (tertiary/aromatic N) is 2. The number of methoxy groups -OCH3 is 2. The molecule has 2 amide bonds. The number of rotatable bonds is 7. The summed E-state index contributed by atoms with van der Waals surface area (Å²) in [5, 5.41) is 3.18. The van der Waals surface area contributed by atoms with Crippen LogP contribution in [0.4, 0.5) is 0 Å². The number of nitrogens with one attached hydrogen (secondary N) is 1. The minimum atomic E-state index is -0.437. The molecule has 8 nitrogen and oxygen atoms in total. The van der Waals surface area contributed by atoms with E-state index in [1.807, 2.05) is 43.9 Å². The van der Waals surface area contributed by atoms with E-state index in [-0.39, 0.29) is 23.8 Å². The standard InChI is InChI=1S/C25H39N3O5/c1-25(2,3)24(30)28-10-6-7-19(17-28)23(29)26-16-20(27-11-13-33-14-12-27)18-8-9-21(31-4)22(15-18)32-5/h8-9,15,19-20H,6-7,10-14,16-17H2,1-5H3,(H,26,29). The molecule has 0 saturated carbocycles. The van der Waals surface area contributed by atoms with Crippen molar-refractivity contribution >= 4 is 11.8 Å². The number of hydrogen-bond donors (Lipinski definition) is 1. The van der Waals surface area contributed by atoms with Gasteiger partial charge >= 0.3 is 0 Å². The Morgan fingerprint density at radius 3 is 2.45 bits per heavy atom. The predicted molar refractivity (Wildman–Crippen MR) is 126 cm³/mol. The molecule has 1 aromatic rings. The minimum absolute atomic E-state index is 0.00597. The summed E-state index contributed by atoms with van der Waals surface area (Å²) in [7, 11) is 3.25. The first-order valence-electron chi connectivity index (χ1n) is 11.9. The largest absolute Gasteiger partial charge is 0.493 e. The van der Waals surface area contributed by atoms with Gasteiger partial charge in [0.2, 0.25) is 11.8 Å². The van der Waals surface area contributed by atoms with Crippen molar-refractivity contribution in [2.75, 3.05) is 60.2 Å². The van der Waals surface area contributed by atoms with Crippen LogP contribution >= 0.6 is 0 Å². The molecule has 2 aliphatic heterocycles. The Balaban J connectivity index is 1.70. The summed E-state index contributed by atoms with van der Waals surface area (Å²) in [6, 6.07) is 5.90. The zero-order chi connectivity index (χ0) is 24.0. The summed E-state index contributed by atoms with van der Waals surface area (Å²) in [4.78, 5) is 30.0. The first-order valence-corrected chi connectivity index (χ1v) is 11.9. The highest BCUT2D eigenvalue weighted by molar-refractivity contribution is 5.84. The molecule has 2 fully saturated rings. The maximum absolute atomic E-state index is 13.1. The lowest BCUT2D eigenvalue weighted by Gasteiger charge is -2.37. The molecule has 2 heterocycles. The first kappa shape index (κ1) is 25.3. The molecule has 33 heavy (non-hydrogen) atoms. The quantitative estimate of drug-likeness (QED) is 0.672. The van der Waals surface area contributed by atoms with E-state index in [1.54, 1.807) is 14.2 Å². The Morgan fingerprint density at radius 1 is 1.12 bits per heavy atom. The fourth-order valence-electron chi connectivity index (χ4n) is 4.60. The molecule has 184 valence electrons. The highest BCUT2D eigenvalue weighted by Gasteiger charge is 2.34. The molecule has 3 rings (SSSR count). The minimum Gasteiger partial charge on any atom is -0.493 e. The van der Waals surface area contributed by atoms with Crippen molar-refractivity contribution in [2.24, 2.45) is 11.3 Å². The second-order valence-electron chi connectivity index (χ2n) is 9.86. The number of morpholine rings is 1. The molecule has 1 N–H and O–H groups in total. The Bertz CT molecular complexity index is 817. The first-order chi connectivity index (χ1) is 15.7. The Kier molecular flexibility index (Phi) is 8.59. The van der Waals surface area contributed by atoms with Crippen LogP contribution in [-0.2, 0) is 14.3 Å². The maximum atomic E-state index is 13.1. The van der Waals surface area contributed by atoms with Crippen LogP contribution < -0.4 is 14.8 Å². The molecule has 0 aromatic heterocycles. The fourth-order valence-corrected chi connectivity index (χ4v) is 4.60. The van der Waals surface area contributed by atoms with Crippen LogP contribution in [0.25, 0.3) is 0 Å². The zero-order valence-corrected chi connectivity index (χ0v) is 20.7. The lowest BCUT2D eigenvalue weighted by Crippen LogP contribution is -2.50. The van der Waals surface area contributed by atoms with E-state index in [0.717, 1.165) is 38.0 Å². The average Bonchev–Trinajstić information content (AvgIpc) is 2.83. The Morgan fingerprint density at radius 2 is 1.82 bits per heavy atom. The van der Waals surface area contributed by atoms with Crippen LogP contribution in [0.15, 0.2) is 18.2 Å². The van der Waals surface area contributed by atoms with Crippen molar-refractivity contribution in [3.63, 3.8) is 0 Å². The number of piperidine rings is 1. The second-order valence-corrected chi connectivity index (χ2v) is 9.86. The van der Waals surface area contributed by atoms with E-state index in [0.29, 0.717) is 37.8 Å². The van der Waals surface area contributed by atoms with Gasteiger partial charge in [-0.2, -0.15) is 0 Å². The average molecular weight is 462 g/mol. The SMILES string of the molecule is COc1ccc(C(CNC(=O)C2CCCN(C(=O)C(C)(C)C)C2)N2CCOCC2)cc1OC. The fraction of sp³-hybridized carbons (Fsp3) is 0.680. The van der Waals surface area contributed by atoms with Gasteiger partial charge in [-0.15, -0.1) is 0 Å². The van der Waals surface area contributed by atoms with Gasteiger partial charge in [0.05, 0.1) is 39.4 Å². The lowest BCUT2D eigenvalue weighted by molar-refractivity contribution is -0.142. The highest BCUT2D eigenvalue weighted by Crippen LogP contribution is 2.32. The van der Waals surface area contributed by atoms with Crippen LogP contribution in [-0.4, -0.2) is 81.8 Å². The number of carbonyl (C=O) groups is 2. The molecule has 2 saturated heterocycles. The van der Waals surface area contributed by atoms with Crippen molar-refractivity contribution in [2.45, 2.75) is 39.7 Å². The number of likely N-dealkylation sites (tertiary alicyclic amines) is 1. The van der Waals surface area contributed by atoms with Crippen LogP contribution in [0.3, 0.4) is 0 Å². The molecule has 2 aliphatic rings. The van der Waals surface area contributed by atoms with E-state index in [4.69, 9.17) is 14.2 Å². The summed E-state index contributed by atoms with van der Waals surface area (Å²) < 4.78 is 16.4. The van der Waals surface area contributed by atoms with Gasteiger partial charge in [-0.1, -0.05) is 26.8 Å². The van der Waals surface area contributed by atoms with Gasteiger partial charge < -0.3 is 24.4 Å². The number of carbonyl (C=O) groups excluding carboxylic acids is 2. The molecule has 2 atom stereocenters. The topological polar surface area (TPSA) is 80.3 Å². The van der Waals surface area contributed by atoms with Gasteiger partial charge in [0.25, 0.3) is 0 Å². The number of hydrogen-bond acceptors (Lipinski definition) is 6. The summed E-state index contributed by atoms with van der Waals surface area (Å²) in [6.07, 6.45) is 1.65. The van der Waals surface area contributed by atoms with Crippen LogP contribution in [0.5, 0.6) is 11.5 Å². The zero-order valence-electron chi connectivity index (χ0n) is 20.7. The van der Waals surface area contributed by atoms with Crippen molar-refractivity contribution in [1.82, 2.24) is 15.1 Å². The summed E-state index contributed by atoms with van der Waals surface area (Å²) in [5.41, 5.74) is 0.621. The van der Waals surface area contributed by atoms with E-state index in [1.165, 1.54) is 0 Å². The molecular formula is C25H39N3O5. The predicted octanol–water partition coefficient (Wildman–Crippen LogP) is 2.48. The molecule has 1 aromatic carbocycles. The third-order valence-electron chi connectivity index (χ3n) is 6.47. The molecule has 0 spiro atoms. The molecule has 0 aliphatic carbocycles. The Labute approximate surface area is 197 Å². The van der Waals surface area contributed by atoms with Crippen LogP contribution in [0.2, 0.25) is 0 Å². The number of benzene rings is 1. The van der Waals surface area contributed by atoms with Gasteiger partial charge in [0, 0.05) is 38.1 Å². The summed E-state index contributed by atoms with van der Waals surface area (Å²) in [5.74, 6) is 1.29. The van der Waals surface area contributed by atoms with E-state index in [9.17, 15) is 9.59 Å². The van der Waals surface area contributed by atoms with Gasteiger partial charge in [-0.3, -0.25) is 14.5 Å². The van der Waals surface area contributed by atoms with Crippen molar-refractivity contribution in [3.05, 3.63) is 23.8 Å². The van der Waals surface area contributed by atoms with Gasteiger partial charge in [0.15, 0.2) is 11.5 Å². The van der Waals surface area contributed by atoms with Crippen LogP contribution in [0, 0.1) is 11.3 Å². The summed E-state index contributed by atoms with van der Waals surface area (Å²) in [6.45, 7) is 10.4. The molecule has 0 bridgehead atoms. The van der Waals surface area contributed by atoms with Gasteiger partial charge in [-0.25, -0.2) is 0 Å². The van der Waals surface area contributed by atoms with E-state index in [2.05, 4.69) is 10.2 Å². The second kappa shape index (κ2) is 11.2. The van der Waals surface area contributed by atoms with E-state index < -0.39 is 5.41 Å². The molecule has 2 unspecified atom stereocenters.